The molecule has 0 heterocycles. The first kappa shape index (κ1) is 15.9. The van der Waals surface area contributed by atoms with E-state index >= 15 is 0 Å². The molecule has 16 heavy (non-hydrogen) atoms. The highest BCUT2D eigenvalue weighted by Crippen LogP contribution is 2.54. The number of hydrogen-bond donors (Lipinski definition) is 0. The summed E-state index contributed by atoms with van der Waals surface area (Å²) in [5.74, 6) is 0. The summed E-state index contributed by atoms with van der Waals surface area (Å²) in [5, 5.41) is 0. The van der Waals surface area contributed by atoms with E-state index in [1.54, 1.807) is 27.7 Å². The van der Waals surface area contributed by atoms with Crippen molar-refractivity contribution in [2.75, 3.05) is 0 Å². The molecule has 0 rings (SSSR count). The van der Waals surface area contributed by atoms with Gasteiger partial charge in [-0.3, -0.25) is 0 Å². The number of hydrogen-bond acceptors (Lipinski definition) is 0. The normalized spacial score (nSPS) is 21.4. The Morgan fingerprint density at radius 1 is 0.625 bits per heavy atom. The smallest absolute Gasteiger partial charge is 0.147 e. The standard InChI is InChI=1S/C14H28F2/c1-9-11(3,4)13(7,15)14(8,16)12(5,6)10-2/h9-10H2,1-8H3. The highest BCUT2D eigenvalue weighted by Gasteiger charge is 2.60. The van der Waals surface area contributed by atoms with E-state index in [9.17, 15) is 8.78 Å². The van der Waals surface area contributed by atoms with Gasteiger partial charge in [0.15, 0.2) is 0 Å². The summed E-state index contributed by atoms with van der Waals surface area (Å²) in [4.78, 5) is 0. The average molecular weight is 234 g/mol. The van der Waals surface area contributed by atoms with Crippen molar-refractivity contribution in [1.29, 1.82) is 0 Å². The molecule has 0 saturated carbocycles. The summed E-state index contributed by atoms with van der Waals surface area (Å²) in [6.45, 7) is 13.8. The van der Waals surface area contributed by atoms with Crippen molar-refractivity contribution >= 4 is 0 Å². The first-order chi connectivity index (χ1) is 6.87. The molecule has 0 fully saturated rings. The Labute approximate surface area is 99.8 Å². The molecule has 0 aromatic heterocycles. The lowest BCUT2D eigenvalue weighted by Gasteiger charge is -2.51. The second kappa shape index (κ2) is 4.27. The molecule has 0 bridgehead atoms. The van der Waals surface area contributed by atoms with E-state index in [0.29, 0.717) is 12.8 Å². The van der Waals surface area contributed by atoms with Crippen molar-refractivity contribution in [3.63, 3.8) is 0 Å². The summed E-state index contributed by atoms with van der Waals surface area (Å²) in [5.41, 5.74) is -5.01. The summed E-state index contributed by atoms with van der Waals surface area (Å²) >= 11 is 0. The fourth-order valence-corrected chi connectivity index (χ4v) is 1.93. The third-order valence-corrected chi connectivity index (χ3v) is 5.19. The monoisotopic (exact) mass is 234 g/mol. The molecule has 0 spiro atoms. The highest BCUT2D eigenvalue weighted by molar-refractivity contribution is 5.09. The molecule has 0 aliphatic rings. The van der Waals surface area contributed by atoms with Crippen LogP contribution in [-0.4, -0.2) is 11.3 Å². The van der Waals surface area contributed by atoms with E-state index in [4.69, 9.17) is 0 Å². The van der Waals surface area contributed by atoms with Gasteiger partial charge in [0.2, 0.25) is 0 Å². The van der Waals surface area contributed by atoms with Gasteiger partial charge in [0.25, 0.3) is 0 Å². The van der Waals surface area contributed by atoms with Crippen molar-refractivity contribution in [3.8, 4) is 0 Å². The van der Waals surface area contributed by atoms with Gasteiger partial charge in [0.05, 0.1) is 0 Å². The molecule has 0 amide bonds. The summed E-state index contributed by atoms with van der Waals surface area (Å²) < 4.78 is 29.9. The quantitative estimate of drug-likeness (QED) is 0.604. The molecule has 2 heteroatoms. The molecule has 2 unspecified atom stereocenters. The van der Waals surface area contributed by atoms with Crippen LogP contribution in [0.4, 0.5) is 8.78 Å². The third-order valence-electron chi connectivity index (χ3n) is 5.19. The number of rotatable bonds is 5. The molecule has 0 saturated heterocycles. The first-order valence-electron chi connectivity index (χ1n) is 6.25. The summed E-state index contributed by atoms with van der Waals surface area (Å²) in [7, 11) is 0. The van der Waals surface area contributed by atoms with Crippen LogP contribution in [0.2, 0.25) is 0 Å². The maximum absolute atomic E-state index is 15.0. The zero-order chi connectivity index (χ0) is 13.4. The van der Waals surface area contributed by atoms with E-state index in [-0.39, 0.29) is 0 Å². The Hall–Kier alpha value is -0.140. The molecule has 0 radical (unpaired) electrons. The minimum absolute atomic E-state index is 0.624. The molecular formula is C14H28F2. The number of halogens is 2. The van der Waals surface area contributed by atoms with Crippen LogP contribution in [0, 0.1) is 10.8 Å². The van der Waals surface area contributed by atoms with Gasteiger partial charge in [-0.25, -0.2) is 8.78 Å². The predicted octanol–water partition coefficient (Wildman–Crippen LogP) is 5.32. The highest BCUT2D eigenvalue weighted by atomic mass is 19.2. The lowest BCUT2D eigenvalue weighted by Crippen LogP contribution is -2.59. The van der Waals surface area contributed by atoms with Gasteiger partial charge in [-0.2, -0.15) is 0 Å². The summed E-state index contributed by atoms with van der Waals surface area (Å²) in [6, 6.07) is 0. The van der Waals surface area contributed by atoms with Gasteiger partial charge in [-0.15, -0.1) is 0 Å². The van der Waals surface area contributed by atoms with E-state index in [2.05, 4.69) is 0 Å². The van der Waals surface area contributed by atoms with Crippen LogP contribution in [-0.2, 0) is 0 Å². The van der Waals surface area contributed by atoms with Crippen molar-refractivity contribution in [2.24, 2.45) is 10.8 Å². The summed E-state index contributed by atoms with van der Waals surface area (Å²) in [6.07, 6.45) is 1.25. The van der Waals surface area contributed by atoms with Gasteiger partial charge in [0.1, 0.15) is 11.3 Å². The van der Waals surface area contributed by atoms with Crippen molar-refractivity contribution in [1.82, 2.24) is 0 Å². The second-order valence-corrected chi connectivity index (χ2v) is 6.48. The SMILES string of the molecule is CCC(C)(C)C(C)(F)C(C)(F)C(C)(C)CC. The van der Waals surface area contributed by atoms with Crippen LogP contribution < -0.4 is 0 Å². The Morgan fingerprint density at radius 3 is 0.938 bits per heavy atom. The molecule has 98 valence electrons. The Kier molecular flexibility index (Phi) is 4.23. The lowest BCUT2D eigenvalue weighted by molar-refractivity contribution is -0.153. The van der Waals surface area contributed by atoms with E-state index in [1.807, 2.05) is 13.8 Å². The van der Waals surface area contributed by atoms with Crippen molar-refractivity contribution in [3.05, 3.63) is 0 Å². The van der Waals surface area contributed by atoms with Crippen LogP contribution in [0.15, 0.2) is 0 Å². The zero-order valence-electron chi connectivity index (χ0n) is 12.2. The Morgan fingerprint density at radius 2 is 0.812 bits per heavy atom. The van der Waals surface area contributed by atoms with Crippen LogP contribution >= 0.6 is 0 Å². The molecular weight excluding hydrogens is 206 g/mol. The maximum atomic E-state index is 15.0. The first-order valence-corrected chi connectivity index (χ1v) is 6.25. The van der Waals surface area contributed by atoms with E-state index in [1.165, 1.54) is 13.8 Å². The number of alkyl halides is 2. The fraction of sp³-hybridized carbons (Fsp3) is 1.00. The van der Waals surface area contributed by atoms with Crippen LogP contribution in [0.3, 0.4) is 0 Å². The Bertz CT molecular complexity index is 211. The molecule has 0 aromatic rings. The third kappa shape index (κ3) is 2.12. The van der Waals surface area contributed by atoms with Gasteiger partial charge >= 0.3 is 0 Å². The molecule has 2 atom stereocenters. The molecule has 0 nitrogen and oxygen atoms in total. The predicted molar refractivity (Wildman–Crippen MR) is 67.2 cm³/mol. The Balaban J connectivity index is 5.46. The molecule has 0 aliphatic carbocycles. The van der Waals surface area contributed by atoms with Crippen LogP contribution in [0.5, 0.6) is 0 Å². The molecule has 0 aromatic carbocycles. The van der Waals surface area contributed by atoms with Gasteiger partial charge in [-0.05, 0) is 26.7 Å². The lowest BCUT2D eigenvalue weighted by atomic mass is 9.59. The maximum Gasteiger partial charge on any atom is 0.147 e. The van der Waals surface area contributed by atoms with Crippen LogP contribution in [0.1, 0.15) is 68.2 Å². The topological polar surface area (TPSA) is 0 Å². The largest absolute Gasteiger partial charge is 0.240 e. The van der Waals surface area contributed by atoms with Gasteiger partial charge in [-0.1, -0.05) is 41.5 Å². The zero-order valence-corrected chi connectivity index (χ0v) is 12.2. The van der Waals surface area contributed by atoms with E-state index < -0.39 is 22.2 Å². The van der Waals surface area contributed by atoms with Crippen LogP contribution in [0.25, 0.3) is 0 Å². The minimum atomic E-state index is -1.84. The molecule has 0 N–H and O–H groups in total. The fourth-order valence-electron chi connectivity index (χ4n) is 1.93. The second-order valence-electron chi connectivity index (χ2n) is 6.48. The van der Waals surface area contributed by atoms with Crippen molar-refractivity contribution in [2.45, 2.75) is 79.6 Å². The average Bonchev–Trinajstić information content (AvgIpc) is 2.16. The molecule has 0 aliphatic heterocycles. The van der Waals surface area contributed by atoms with Gasteiger partial charge < -0.3 is 0 Å². The van der Waals surface area contributed by atoms with E-state index in [0.717, 1.165) is 0 Å². The van der Waals surface area contributed by atoms with Crippen molar-refractivity contribution < 1.29 is 8.78 Å². The van der Waals surface area contributed by atoms with Gasteiger partial charge in [0, 0.05) is 10.8 Å². The minimum Gasteiger partial charge on any atom is -0.240 e.